The summed E-state index contributed by atoms with van der Waals surface area (Å²) in [6.07, 6.45) is 2.38. The van der Waals surface area contributed by atoms with Crippen LogP contribution in [0.25, 0.3) is 0 Å². The molecule has 2 aromatic carbocycles. The second kappa shape index (κ2) is 14.0. The largest absolute Gasteiger partial charge is 0.465 e. The molecule has 10 nitrogen and oxygen atoms in total. The number of ether oxygens (including phenoxy) is 3. The smallest absolute Gasteiger partial charge is 0.325 e. The Balaban J connectivity index is 1.46. The summed E-state index contributed by atoms with van der Waals surface area (Å²) in [7, 11) is 0. The van der Waals surface area contributed by atoms with Gasteiger partial charge < -0.3 is 30.0 Å². The summed E-state index contributed by atoms with van der Waals surface area (Å²) in [4.78, 5) is 32.2. The quantitative estimate of drug-likeness (QED) is 0.192. The van der Waals surface area contributed by atoms with Crippen LogP contribution in [0.3, 0.4) is 0 Å². The third kappa shape index (κ3) is 7.99. The van der Waals surface area contributed by atoms with Crippen molar-refractivity contribution in [3.8, 4) is 0 Å². The Kier molecular flexibility index (Phi) is 10.3. The molecule has 4 atom stereocenters. The van der Waals surface area contributed by atoms with Gasteiger partial charge in [0.05, 0.1) is 25.4 Å². The van der Waals surface area contributed by atoms with E-state index in [9.17, 15) is 14.7 Å². The van der Waals surface area contributed by atoms with Gasteiger partial charge in [-0.05, 0) is 36.2 Å². The van der Waals surface area contributed by atoms with Gasteiger partial charge in [-0.25, -0.2) is 14.8 Å². The monoisotopic (exact) mass is 552 g/mol. The molecule has 2 heterocycles. The van der Waals surface area contributed by atoms with Crippen molar-refractivity contribution in [2.45, 2.75) is 44.1 Å². The molecule has 11 heteroatoms. The lowest BCUT2D eigenvalue weighted by Crippen LogP contribution is -2.38. The van der Waals surface area contributed by atoms with Crippen molar-refractivity contribution in [1.29, 1.82) is 0 Å². The van der Waals surface area contributed by atoms with Gasteiger partial charge in [-0.1, -0.05) is 55.1 Å². The first-order valence-electron chi connectivity index (χ1n) is 12.7. The highest BCUT2D eigenvalue weighted by Gasteiger charge is 2.38. The number of rotatable bonds is 10. The van der Waals surface area contributed by atoms with Crippen LogP contribution in [0.15, 0.2) is 72.1 Å². The SMILES string of the molecule is CCOC(=O)CNC(=O)Nc1ccc(C2OC(CSc3ncccn3)C(C)C(c3ccc(CO)cc3)O2)cc1. The molecule has 39 heavy (non-hydrogen) atoms. The van der Waals surface area contributed by atoms with Gasteiger partial charge in [0.1, 0.15) is 6.54 Å². The number of hydrogen-bond donors (Lipinski definition) is 3. The second-order valence-corrected chi connectivity index (χ2v) is 9.89. The molecule has 1 aliphatic rings. The molecule has 1 saturated heterocycles. The first-order valence-corrected chi connectivity index (χ1v) is 13.7. The van der Waals surface area contributed by atoms with Crippen LogP contribution in [0.2, 0.25) is 0 Å². The fourth-order valence-electron chi connectivity index (χ4n) is 4.09. The predicted octanol–water partition coefficient (Wildman–Crippen LogP) is 4.24. The molecule has 0 aliphatic carbocycles. The maximum absolute atomic E-state index is 12.1. The van der Waals surface area contributed by atoms with E-state index in [-0.39, 0.29) is 37.9 Å². The summed E-state index contributed by atoms with van der Waals surface area (Å²) >= 11 is 1.53. The lowest BCUT2D eigenvalue weighted by Gasteiger charge is -2.41. The fraction of sp³-hybridized carbons (Fsp3) is 0.357. The van der Waals surface area contributed by atoms with Gasteiger partial charge in [0.2, 0.25) is 0 Å². The van der Waals surface area contributed by atoms with E-state index < -0.39 is 18.3 Å². The van der Waals surface area contributed by atoms with Gasteiger partial charge in [-0.2, -0.15) is 0 Å². The number of amides is 2. The number of hydrogen-bond acceptors (Lipinski definition) is 9. The molecule has 0 radical (unpaired) electrons. The van der Waals surface area contributed by atoms with E-state index >= 15 is 0 Å². The predicted molar refractivity (Wildman–Crippen MR) is 146 cm³/mol. The molecule has 0 bridgehead atoms. The molecule has 3 N–H and O–H groups in total. The van der Waals surface area contributed by atoms with Crippen molar-refractivity contribution in [1.82, 2.24) is 15.3 Å². The van der Waals surface area contributed by atoms with Gasteiger partial charge in [-0.15, -0.1) is 0 Å². The van der Waals surface area contributed by atoms with E-state index in [0.717, 1.165) is 16.7 Å². The molecule has 3 aromatic rings. The highest BCUT2D eigenvalue weighted by molar-refractivity contribution is 7.99. The molecule has 0 saturated carbocycles. The minimum atomic E-state index is -0.641. The fourth-order valence-corrected chi connectivity index (χ4v) is 5.06. The normalized spacial score (nSPS) is 20.7. The topological polar surface area (TPSA) is 132 Å². The van der Waals surface area contributed by atoms with Gasteiger partial charge in [-0.3, -0.25) is 4.79 Å². The molecule has 1 fully saturated rings. The molecular formula is C28H32N4O6S. The summed E-state index contributed by atoms with van der Waals surface area (Å²) in [5.41, 5.74) is 3.17. The summed E-state index contributed by atoms with van der Waals surface area (Å²) in [5, 5.41) is 15.3. The van der Waals surface area contributed by atoms with Crippen LogP contribution in [-0.4, -0.2) is 52.1 Å². The van der Waals surface area contributed by atoms with E-state index in [1.165, 1.54) is 11.8 Å². The molecule has 206 valence electrons. The van der Waals surface area contributed by atoms with Crippen LogP contribution in [0.5, 0.6) is 0 Å². The number of urea groups is 1. The first kappa shape index (κ1) is 28.5. The Labute approximate surface area is 231 Å². The first-order chi connectivity index (χ1) is 19.0. The number of benzene rings is 2. The number of carbonyl (C=O) groups is 2. The maximum atomic E-state index is 12.1. The lowest BCUT2D eigenvalue weighted by molar-refractivity contribution is -0.268. The number of aromatic nitrogens is 2. The Morgan fingerprint density at radius 3 is 2.38 bits per heavy atom. The van der Waals surface area contributed by atoms with Crippen molar-refractivity contribution in [3.63, 3.8) is 0 Å². The molecule has 4 unspecified atom stereocenters. The van der Waals surface area contributed by atoms with Crippen LogP contribution < -0.4 is 10.6 Å². The average molecular weight is 553 g/mol. The van der Waals surface area contributed by atoms with Crippen LogP contribution >= 0.6 is 11.8 Å². The number of carbonyl (C=O) groups excluding carboxylic acids is 2. The van der Waals surface area contributed by atoms with Crippen molar-refractivity contribution < 1.29 is 28.9 Å². The maximum Gasteiger partial charge on any atom is 0.325 e. The van der Waals surface area contributed by atoms with Crippen LogP contribution in [0, 0.1) is 5.92 Å². The number of aliphatic hydroxyl groups is 1. The van der Waals surface area contributed by atoms with Crippen molar-refractivity contribution >= 4 is 29.4 Å². The van der Waals surface area contributed by atoms with E-state index in [1.807, 2.05) is 36.4 Å². The molecule has 1 aromatic heterocycles. The zero-order chi connectivity index (χ0) is 27.6. The van der Waals surface area contributed by atoms with E-state index in [4.69, 9.17) is 14.2 Å². The number of esters is 1. The minimum absolute atomic E-state index is 0.0231. The molecular weight excluding hydrogens is 520 g/mol. The van der Waals surface area contributed by atoms with Crippen molar-refractivity contribution in [3.05, 3.63) is 83.7 Å². The standard InChI is InChI=1S/C28H32N4O6S/c1-3-36-24(34)15-31-27(35)32-22-11-9-21(10-12-22)26-37-23(17-39-28-29-13-4-14-30-28)18(2)25(38-26)20-7-5-19(16-33)6-8-20/h4-14,18,23,25-26,33H,3,15-17H2,1-2H3,(H2,31,32,35). The molecule has 1 aliphatic heterocycles. The van der Waals surface area contributed by atoms with Gasteiger partial charge in [0.25, 0.3) is 0 Å². The van der Waals surface area contributed by atoms with Crippen LogP contribution in [0.1, 0.15) is 42.9 Å². The minimum Gasteiger partial charge on any atom is -0.465 e. The van der Waals surface area contributed by atoms with E-state index in [1.54, 1.807) is 37.5 Å². The number of thioether (sulfide) groups is 1. The van der Waals surface area contributed by atoms with Crippen molar-refractivity contribution in [2.24, 2.45) is 5.92 Å². The third-order valence-corrected chi connectivity index (χ3v) is 7.15. The van der Waals surface area contributed by atoms with E-state index in [2.05, 4.69) is 27.5 Å². The Hall–Kier alpha value is -3.51. The molecule has 2 amide bonds. The zero-order valence-corrected chi connectivity index (χ0v) is 22.6. The Bertz CT molecular complexity index is 1210. The summed E-state index contributed by atoms with van der Waals surface area (Å²) in [6.45, 7) is 3.81. The number of nitrogens with one attached hydrogen (secondary N) is 2. The Morgan fingerprint density at radius 1 is 1.03 bits per heavy atom. The third-order valence-electron chi connectivity index (χ3n) is 6.18. The lowest BCUT2D eigenvalue weighted by atomic mass is 9.91. The van der Waals surface area contributed by atoms with Gasteiger partial charge >= 0.3 is 12.0 Å². The summed E-state index contributed by atoms with van der Waals surface area (Å²) in [6, 6.07) is 16.2. The van der Waals surface area contributed by atoms with E-state index in [0.29, 0.717) is 16.6 Å². The second-order valence-electron chi connectivity index (χ2n) is 8.90. The Morgan fingerprint density at radius 2 is 1.72 bits per heavy atom. The van der Waals surface area contributed by atoms with Crippen molar-refractivity contribution in [2.75, 3.05) is 24.2 Å². The highest BCUT2D eigenvalue weighted by Crippen LogP contribution is 2.42. The highest BCUT2D eigenvalue weighted by atomic mass is 32.2. The van der Waals surface area contributed by atoms with Gasteiger partial charge in [0, 0.05) is 35.3 Å². The molecule has 4 rings (SSSR count). The number of anilines is 1. The van der Waals surface area contributed by atoms with Gasteiger partial charge in [0.15, 0.2) is 11.4 Å². The average Bonchev–Trinajstić information content (AvgIpc) is 2.97. The summed E-state index contributed by atoms with van der Waals surface area (Å²) < 4.78 is 17.7. The zero-order valence-electron chi connectivity index (χ0n) is 21.8. The number of aliphatic hydroxyl groups excluding tert-OH is 1. The number of nitrogens with zero attached hydrogens (tertiary/aromatic N) is 2. The van der Waals surface area contributed by atoms with Crippen LogP contribution in [-0.2, 0) is 25.6 Å². The molecule has 0 spiro atoms. The van der Waals surface area contributed by atoms with Crippen LogP contribution in [0.4, 0.5) is 10.5 Å². The summed E-state index contributed by atoms with van der Waals surface area (Å²) in [5.74, 6) is 0.161.